The Labute approximate surface area is 130 Å². The van der Waals surface area contributed by atoms with Crippen LogP contribution in [0.4, 0.5) is 0 Å². The highest BCUT2D eigenvalue weighted by atomic mass is 32.1. The van der Waals surface area contributed by atoms with Crippen molar-refractivity contribution in [1.29, 1.82) is 0 Å². The molecule has 1 unspecified atom stereocenters. The molecule has 2 aromatic rings. The lowest BCUT2D eigenvalue weighted by molar-refractivity contribution is 0.0939. The van der Waals surface area contributed by atoms with E-state index < -0.39 is 0 Å². The Morgan fingerprint density at radius 3 is 2.71 bits per heavy atom. The summed E-state index contributed by atoms with van der Waals surface area (Å²) in [6, 6.07) is 10.2. The third kappa shape index (κ3) is 3.18. The average Bonchev–Trinajstić information content (AvgIpc) is 2.77. The van der Waals surface area contributed by atoms with E-state index in [2.05, 4.69) is 17.4 Å². The second-order valence-corrected chi connectivity index (χ2v) is 6.68. The molecule has 1 aromatic carbocycles. The molecule has 0 fully saturated rings. The molecule has 0 saturated heterocycles. The van der Waals surface area contributed by atoms with Crippen LogP contribution in [0.5, 0.6) is 0 Å². The first kappa shape index (κ1) is 14.3. The summed E-state index contributed by atoms with van der Waals surface area (Å²) in [5.74, 6) is 0.0748. The second kappa shape index (κ2) is 6.44. The van der Waals surface area contributed by atoms with E-state index in [1.54, 1.807) is 11.3 Å². The molecule has 1 N–H and O–H groups in total. The van der Waals surface area contributed by atoms with Gasteiger partial charge in [-0.3, -0.25) is 4.79 Å². The van der Waals surface area contributed by atoms with Gasteiger partial charge in [0.2, 0.25) is 0 Å². The van der Waals surface area contributed by atoms with Crippen molar-refractivity contribution >= 4 is 17.2 Å². The van der Waals surface area contributed by atoms with E-state index in [4.69, 9.17) is 0 Å². The summed E-state index contributed by atoms with van der Waals surface area (Å²) in [5.41, 5.74) is 3.35. The van der Waals surface area contributed by atoms with Gasteiger partial charge >= 0.3 is 0 Å². The number of hydrogen-bond donors (Lipinski definition) is 1. The van der Waals surface area contributed by atoms with Crippen molar-refractivity contribution in [3.63, 3.8) is 0 Å². The first-order chi connectivity index (χ1) is 10.3. The molecule has 0 saturated carbocycles. The van der Waals surface area contributed by atoms with Crippen LogP contribution in [0, 0.1) is 0 Å². The molecular formula is C18H21NOS. The van der Waals surface area contributed by atoms with Crippen molar-refractivity contribution < 1.29 is 4.79 Å². The van der Waals surface area contributed by atoms with Crippen LogP contribution in [0.25, 0.3) is 0 Å². The zero-order valence-corrected chi connectivity index (χ0v) is 13.2. The molecule has 3 rings (SSSR count). The molecule has 2 nitrogen and oxygen atoms in total. The zero-order valence-electron chi connectivity index (χ0n) is 12.4. The largest absolute Gasteiger partial charge is 0.345 e. The summed E-state index contributed by atoms with van der Waals surface area (Å²) in [4.78, 5) is 14.0. The molecular weight excluding hydrogens is 278 g/mol. The Bertz CT molecular complexity index is 617. The number of hydrogen-bond acceptors (Lipinski definition) is 2. The van der Waals surface area contributed by atoms with Gasteiger partial charge in [-0.25, -0.2) is 0 Å². The standard InChI is InChI=1S/C18H21NOS/c1-13(14-8-4-2-5-9-14)19-18(20)16-12-21-17-11-7-3-6-10-15(16)17/h2,4-5,8-9,12-13H,3,6-7,10-11H2,1H3,(H,19,20). The molecule has 1 aromatic heterocycles. The van der Waals surface area contributed by atoms with E-state index in [1.807, 2.05) is 30.5 Å². The van der Waals surface area contributed by atoms with Crippen LogP contribution in [-0.4, -0.2) is 5.91 Å². The van der Waals surface area contributed by atoms with Gasteiger partial charge in [-0.15, -0.1) is 11.3 Å². The Balaban J connectivity index is 1.75. The molecule has 0 aliphatic heterocycles. The normalized spacial score (nSPS) is 15.9. The number of aryl methyl sites for hydroxylation is 1. The van der Waals surface area contributed by atoms with E-state index in [-0.39, 0.29) is 11.9 Å². The summed E-state index contributed by atoms with van der Waals surface area (Å²) in [5, 5.41) is 5.18. The summed E-state index contributed by atoms with van der Waals surface area (Å²) in [6.45, 7) is 2.04. The number of rotatable bonds is 3. The van der Waals surface area contributed by atoms with Crippen LogP contribution in [0.3, 0.4) is 0 Å². The Morgan fingerprint density at radius 1 is 1.14 bits per heavy atom. The molecule has 1 atom stereocenters. The maximum atomic E-state index is 12.6. The fourth-order valence-electron chi connectivity index (χ4n) is 2.96. The van der Waals surface area contributed by atoms with Crippen molar-refractivity contribution in [2.45, 2.75) is 45.1 Å². The van der Waals surface area contributed by atoms with Gasteiger partial charge in [0.05, 0.1) is 11.6 Å². The van der Waals surface area contributed by atoms with Crippen LogP contribution in [-0.2, 0) is 12.8 Å². The van der Waals surface area contributed by atoms with Gasteiger partial charge in [-0.05, 0) is 43.7 Å². The maximum absolute atomic E-state index is 12.6. The van der Waals surface area contributed by atoms with Crippen molar-refractivity contribution in [3.8, 4) is 0 Å². The molecule has 1 heterocycles. The summed E-state index contributed by atoms with van der Waals surface area (Å²) >= 11 is 1.76. The molecule has 0 radical (unpaired) electrons. The van der Waals surface area contributed by atoms with E-state index >= 15 is 0 Å². The lowest BCUT2D eigenvalue weighted by atomic mass is 10.0. The minimum atomic E-state index is 0.0417. The number of carbonyl (C=O) groups is 1. The molecule has 1 aliphatic carbocycles. The summed E-state index contributed by atoms with van der Waals surface area (Å²) in [7, 11) is 0. The van der Waals surface area contributed by atoms with E-state index in [1.165, 1.54) is 29.7 Å². The number of fused-ring (bicyclic) bond motifs is 1. The minimum Gasteiger partial charge on any atom is -0.345 e. The summed E-state index contributed by atoms with van der Waals surface area (Å²) in [6.07, 6.45) is 5.94. The van der Waals surface area contributed by atoms with Gasteiger partial charge in [0.25, 0.3) is 5.91 Å². The van der Waals surface area contributed by atoms with Crippen molar-refractivity contribution in [2.24, 2.45) is 0 Å². The Hall–Kier alpha value is -1.61. The van der Waals surface area contributed by atoms with Crippen LogP contribution < -0.4 is 5.32 Å². The molecule has 1 amide bonds. The minimum absolute atomic E-state index is 0.0417. The molecule has 110 valence electrons. The zero-order chi connectivity index (χ0) is 14.7. The van der Waals surface area contributed by atoms with Crippen molar-refractivity contribution in [3.05, 3.63) is 57.3 Å². The number of amides is 1. The Kier molecular flexibility index (Phi) is 4.39. The molecule has 0 spiro atoms. The molecule has 21 heavy (non-hydrogen) atoms. The highest BCUT2D eigenvalue weighted by Gasteiger charge is 2.20. The van der Waals surface area contributed by atoms with Crippen LogP contribution in [0.1, 0.15) is 58.6 Å². The maximum Gasteiger partial charge on any atom is 0.252 e. The molecule has 0 bridgehead atoms. The quantitative estimate of drug-likeness (QED) is 0.830. The average molecular weight is 299 g/mol. The monoisotopic (exact) mass is 299 g/mol. The van der Waals surface area contributed by atoms with Gasteiger partial charge in [0.15, 0.2) is 0 Å². The number of benzene rings is 1. The van der Waals surface area contributed by atoms with Crippen molar-refractivity contribution in [1.82, 2.24) is 5.32 Å². The number of carbonyl (C=O) groups excluding carboxylic acids is 1. The predicted molar refractivity (Wildman–Crippen MR) is 87.9 cm³/mol. The Morgan fingerprint density at radius 2 is 1.90 bits per heavy atom. The lowest BCUT2D eigenvalue weighted by Gasteiger charge is -2.14. The second-order valence-electron chi connectivity index (χ2n) is 5.72. The first-order valence-electron chi connectivity index (χ1n) is 7.71. The van der Waals surface area contributed by atoms with Gasteiger partial charge in [-0.2, -0.15) is 0 Å². The topological polar surface area (TPSA) is 29.1 Å². The molecule has 3 heteroatoms. The lowest BCUT2D eigenvalue weighted by Crippen LogP contribution is -2.27. The van der Waals surface area contributed by atoms with Gasteiger partial charge in [-0.1, -0.05) is 36.8 Å². The van der Waals surface area contributed by atoms with Gasteiger partial charge in [0.1, 0.15) is 0 Å². The van der Waals surface area contributed by atoms with Crippen LogP contribution in [0.2, 0.25) is 0 Å². The van der Waals surface area contributed by atoms with E-state index in [0.717, 1.165) is 24.0 Å². The highest BCUT2D eigenvalue weighted by molar-refractivity contribution is 7.10. The SMILES string of the molecule is CC(NC(=O)c1csc2c1CCCCC2)c1ccccc1. The smallest absolute Gasteiger partial charge is 0.252 e. The number of thiophene rings is 1. The van der Waals surface area contributed by atoms with Crippen LogP contribution in [0.15, 0.2) is 35.7 Å². The molecule has 1 aliphatic rings. The summed E-state index contributed by atoms with van der Waals surface area (Å²) < 4.78 is 0. The third-order valence-electron chi connectivity index (χ3n) is 4.20. The van der Waals surface area contributed by atoms with E-state index in [0.29, 0.717) is 0 Å². The highest BCUT2D eigenvalue weighted by Crippen LogP contribution is 2.29. The van der Waals surface area contributed by atoms with Gasteiger partial charge in [0, 0.05) is 10.3 Å². The fourth-order valence-corrected chi connectivity index (χ4v) is 4.09. The number of nitrogens with one attached hydrogen (secondary N) is 1. The van der Waals surface area contributed by atoms with Crippen LogP contribution >= 0.6 is 11.3 Å². The predicted octanol–water partition coefficient (Wildman–Crippen LogP) is 4.51. The third-order valence-corrected chi connectivity index (χ3v) is 5.29. The fraction of sp³-hybridized carbons (Fsp3) is 0.389. The van der Waals surface area contributed by atoms with E-state index in [9.17, 15) is 4.79 Å². The first-order valence-corrected chi connectivity index (χ1v) is 8.58. The van der Waals surface area contributed by atoms with Crippen molar-refractivity contribution in [2.75, 3.05) is 0 Å². The van der Waals surface area contributed by atoms with Gasteiger partial charge < -0.3 is 5.32 Å².